The third kappa shape index (κ3) is 2.49. The number of ether oxygens (including phenoxy) is 2. The first kappa shape index (κ1) is 17.3. The maximum absolute atomic E-state index is 14.5. The van der Waals surface area contributed by atoms with E-state index in [1.165, 1.54) is 6.92 Å². The third-order valence-electron chi connectivity index (χ3n) is 5.18. The zero-order valence-corrected chi connectivity index (χ0v) is 14.6. The Hall–Kier alpha value is -2.12. The van der Waals surface area contributed by atoms with Gasteiger partial charge in [0.2, 0.25) is 0 Å². The molecule has 0 N–H and O–H groups in total. The van der Waals surface area contributed by atoms with Crippen molar-refractivity contribution in [2.45, 2.75) is 51.4 Å². The van der Waals surface area contributed by atoms with Crippen LogP contribution in [0, 0.1) is 11.6 Å². The topological polar surface area (TPSA) is 55.8 Å². The second-order valence-electron chi connectivity index (χ2n) is 7.08. The lowest BCUT2D eigenvalue weighted by atomic mass is 9.93. The van der Waals surface area contributed by atoms with Gasteiger partial charge in [-0.25, -0.2) is 13.7 Å². The summed E-state index contributed by atoms with van der Waals surface area (Å²) in [6, 6.07) is 1.82. The van der Waals surface area contributed by atoms with E-state index in [4.69, 9.17) is 9.47 Å². The average molecular weight is 363 g/mol. The van der Waals surface area contributed by atoms with Gasteiger partial charge in [-0.15, -0.1) is 0 Å². The highest BCUT2D eigenvalue weighted by molar-refractivity contribution is 6.33. The highest BCUT2D eigenvalue weighted by Gasteiger charge is 2.44. The van der Waals surface area contributed by atoms with Gasteiger partial charge < -0.3 is 9.47 Å². The van der Waals surface area contributed by atoms with Crippen molar-refractivity contribution in [1.29, 1.82) is 0 Å². The molecule has 1 aromatic rings. The van der Waals surface area contributed by atoms with E-state index in [1.807, 2.05) is 0 Å². The Balaban J connectivity index is 1.77. The molecule has 1 saturated heterocycles. The van der Waals surface area contributed by atoms with Crippen molar-refractivity contribution >= 4 is 17.5 Å². The molecule has 7 heteroatoms. The lowest BCUT2D eigenvalue weighted by Gasteiger charge is -2.26. The van der Waals surface area contributed by atoms with Crippen LogP contribution in [0.2, 0.25) is 0 Å². The van der Waals surface area contributed by atoms with Crippen LogP contribution in [-0.2, 0) is 24.8 Å². The monoisotopic (exact) mass is 363 g/mol. The molecule has 26 heavy (non-hydrogen) atoms. The summed E-state index contributed by atoms with van der Waals surface area (Å²) < 4.78 is 40.1. The van der Waals surface area contributed by atoms with Gasteiger partial charge in [-0.05, 0) is 45.6 Å². The second-order valence-corrected chi connectivity index (χ2v) is 7.08. The van der Waals surface area contributed by atoms with Crippen LogP contribution in [0.25, 0.3) is 0 Å². The molecule has 138 valence electrons. The number of halogens is 2. The summed E-state index contributed by atoms with van der Waals surface area (Å²) in [5, 5.41) is 0. The molecule has 1 fully saturated rings. The molecule has 2 aliphatic heterocycles. The molecule has 5 nitrogen and oxygen atoms in total. The number of imide groups is 1. The number of hydrogen-bond donors (Lipinski definition) is 0. The van der Waals surface area contributed by atoms with E-state index in [1.54, 1.807) is 6.92 Å². The number of hydrogen-bond acceptors (Lipinski definition) is 4. The number of nitrogens with zero attached hydrogens (tertiary/aromatic N) is 1. The van der Waals surface area contributed by atoms with E-state index >= 15 is 0 Å². The second kappa shape index (κ2) is 5.96. The number of benzene rings is 1. The van der Waals surface area contributed by atoms with Crippen LogP contribution in [0.3, 0.4) is 0 Å². The molecule has 2 atom stereocenters. The Bertz CT molecular complexity index is 822. The zero-order valence-electron chi connectivity index (χ0n) is 14.6. The SMILES string of the molecule is CC1COC(C)(c2cc(N3C(=O)C4=C(CCCC4)C3=O)c(F)cc2F)O1. The molecule has 0 aromatic heterocycles. The van der Waals surface area contributed by atoms with E-state index in [2.05, 4.69) is 0 Å². The Morgan fingerprint density at radius 3 is 2.23 bits per heavy atom. The van der Waals surface area contributed by atoms with Crippen molar-refractivity contribution < 1.29 is 27.8 Å². The van der Waals surface area contributed by atoms with Crippen LogP contribution >= 0.6 is 0 Å². The zero-order chi connectivity index (χ0) is 18.6. The average Bonchev–Trinajstić information content (AvgIpc) is 3.07. The fraction of sp³-hybridized carbons (Fsp3) is 0.474. The fourth-order valence-electron chi connectivity index (χ4n) is 3.88. The summed E-state index contributed by atoms with van der Waals surface area (Å²) in [5.41, 5.74) is 0.585. The Morgan fingerprint density at radius 2 is 1.69 bits per heavy atom. The third-order valence-corrected chi connectivity index (χ3v) is 5.18. The van der Waals surface area contributed by atoms with Crippen LogP contribution in [0.4, 0.5) is 14.5 Å². The Morgan fingerprint density at radius 1 is 1.08 bits per heavy atom. The molecule has 2 heterocycles. The molecule has 1 aromatic carbocycles. The van der Waals surface area contributed by atoms with E-state index in [0.29, 0.717) is 30.1 Å². The largest absolute Gasteiger partial charge is 0.343 e. The van der Waals surface area contributed by atoms with Gasteiger partial charge in [-0.3, -0.25) is 9.59 Å². The Labute approximate surface area is 149 Å². The molecule has 4 rings (SSSR count). The number of carbonyl (C=O) groups is 2. The van der Waals surface area contributed by atoms with Crippen LogP contribution in [0.5, 0.6) is 0 Å². The molecular formula is C19H19F2NO4. The van der Waals surface area contributed by atoms with Crippen molar-refractivity contribution in [3.63, 3.8) is 0 Å². The lowest BCUT2D eigenvalue weighted by molar-refractivity contribution is -0.161. The summed E-state index contributed by atoms with van der Waals surface area (Å²) in [4.78, 5) is 26.2. The molecule has 2 unspecified atom stereocenters. The summed E-state index contributed by atoms with van der Waals surface area (Å²) in [5.74, 6) is -4.26. The number of carbonyl (C=O) groups excluding carboxylic acids is 2. The van der Waals surface area contributed by atoms with Crippen molar-refractivity contribution in [2.24, 2.45) is 0 Å². The van der Waals surface area contributed by atoms with Crippen LogP contribution < -0.4 is 4.90 Å². The van der Waals surface area contributed by atoms with Gasteiger partial charge in [0, 0.05) is 22.8 Å². The molecule has 1 aliphatic carbocycles. The normalized spacial score (nSPS) is 28.9. The minimum Gasteiger partial charge on any atom is -0.343 e. The molecule has 3 aliphatic rings. The van der Waals surface area contributed by atoms with Crippen molar-refractivity contribution in [3.05, 3.63) is 40.5 Å². The standard InChI is InChI=1S/C19H19F2NO4/c1-10-9-25-19(2,26-10)13-7-16(15(21)8-14(13)20)22-17(23)11-5-3-4-6-12(11)18(22)24/h7-8,10H,3-6,9H2,1-2H3. The van der Waals surface area contributed by atoms with Crippen molar-refractivity contribution in [1.82, 2.24) is 0 Å². The number of rotatable bonds is 2. The molecule has 0 spiro atoms. The van der Waals surface area contributed by atoms with Gasteiger partial charge >= 0.3 is 0 Å². The first-order valence-corrected chi connectivity index (χ1v) is 8.74. The van der Waals surface area contributed by atoms with Gasteiger partial charge in [-0.2, -0.15) is 0 Å². The highest BCUT2D eigenvalue weighted by Crippen LogP contribution is 2.41. The Kier molecular flexibility index (Phi) is 3.96. The van der Waals surface area contributed by atoms with Crippen LogP contribution in [0.1, 0.15) is 45.1 Å². The van der Waals surface area contributed by atoms with Gasteiger partial charge in [0.05, 0.1) is 18.4 Å². The van der Waals surface area contributed by atoms with Gasteiger partial charge in [0.15, 0.2) is 5.79 Å². The molecule has 0 saturated carbocycles. The summed E-state index contributed by atoms with van der Waals surface area (Å²) in [6.45, 7) is 3.58. The maximum Gasteiger partial charge on any atom is 0.261 e. The van der Waals surface area contributed by atoms with E-state index < -0.39 is 29.2 Å². The molecule has 0 bridgehead atoms. The maximum atomic E-state index is 14.5. The minimum atomic E-state index is -1.40. The molecular weight excluding hydrogens is 344 g/mol. The molecule has 2 amide bonds. The minimum absolute atomic E-state index is 0.0382. The van der Waals surface area contributed by atoms with Gasteiger partial charge in [-0.1, -0.05) is 0 Å². The van der Waals surface area contributed by atoms with Gasteiger partial charge in [0.1, 0.15) is 11.6 Å². The van der Waals surface area contributed by atoms with Gasteiger partial charge in [0.25, 0.3) is 11.8 Å². The fourth-order valence-corrected chi connectivity index (χ4v) is 3.88. The predicted molar refractivity (Wildman–Crippen MR) is 88.2 cm³/mol. The smallest absolute Gasteiger partial charge is 0.261 e. The summed E-state index contributed by atoms with van der Waals surface area (Å²) in [6.07, 6.45) is 2.40. The quantitative estimate of drug-likeness (QED) is 0.757. The van der Waals surface area contributed by atoms with Crippen LogP contribution in [0.15, 0.2) is 23.3 Å². The van der Waals surface area contributed by atoms with E-state index in [0.717, 1.165) is 23.8 Å². The predicted octanol–water partition coefficient (Wildman–Crippen LogP) is 3.32. The highest BCUT2D eigenvalue weighted by atomic mass is 19.1. The summed E-state index contributed by atoms with van der Waals surface area (Å²) >= 11 is 0. The van der Waals surface area contributed by atoms with Crippen molar-refractivity contribution in [3.8, 4) is 0 Å². The molecule has 0 radical (unpaired) electrons. The first-order valence-electron chi connectivity index (χ1n) is 8.74. The van der Waals surface area contributed by atoms with Crippen molar-refractivity contribution in [2.75, 3.05) is 11.5 Å². The first-order chi connectivity index (χ1) is 12.3. The number of amides is 2. The lowest BCUT2D eigenvalue weighted by Crippen LogP contribution is -2.33. The summed E-state index contributed by atoms with van der Waals surface area (Å²) in [7, 11) is 0. The van der Waals surface area contributed by atoms with E-state index in [-0.39, 0.29) is 24.0 Å². The number of anilines is 1. The van der Waals surface area contributed by atoms with Crippen LogP contribution in [-0.4, -0.2) is 24.5 Å². The van der Waals surface area contributed by atoms with E-state index in [9.17, 15) is 18.4 Å².